The normalized spacial score (nSPS) is 16.7. The molecule has 1 amide bonds. The van der Waals surface area contributed by atoms with Crippen LogP contribution in [0.3, 0.4) is 0 Å². The topological polar surface area (TPSA) is 60.0 Å². The average Bonchev–Trinajstić information content (AvgIpc) is 2.63. The first-order valence-corrected chi connectivity index (χ1v) is 9.66. The Balaban J connectivity index is 0.00000420. The molecule has 0 saturated carbocycles. The van der Waals surface area contributed by atoms with Crippen LogP contribution in [0.2, 0.25) is 0 Å². The fraction of sp³-hybridized carbons (Fsp3) is 0.524. The number of benzene rings is 1. The van der Waals surface area contributed by atoms with Gasteiger partial charge in [-0.05, 0) is 50.5 Å². The number of aryl methyl sites for hydroxylation is 1. The van der Waals surface area contributed by atoms with E-state index in [0.29, 0.717) is 12.5 Å². The molecule has 0 spiro atoms. The van der Waals surface area contributed by atoms with E-state index >= 15 is 0 Å². The van der Waals surface area contributed by atoms with E-state index in [-0.39, 0.29) is 48.3 Å². The van der Waals surface area contributed by atoms with Crippen molar-refractivity contribution in [1.82, 2.24) is 15.5 Å². The minimum absolute atomic E-state index is 0. The molecule has 0 radical (unpaired) electrons. The molecule has 1 atom stereocenters. The molecule has 29 heavy (non-hydrogen) atoms. The molecule has 0 bridgehead atoms. The first-order valence-electron chi connectivity index (χ1n) is 9.66. The highest BCUT2D eigenvalue weighted by molar-refractivity contribution is 14.0. The molecule has 0 aliphatic carbocycles. The Morgan fingerprint density at radius 3 is 2.76 bits per heavy atom. The fourth-order valence-electron chi connectivity index (χ4n) is 3.16. The maximum atomic E-state index is 13.4. The van der Waals surface area contributed by atoms with Crippen molar-refractivity contribution in [3.8, 4) is 0 Å². The number of nitrogens with one attached hydrogen (secondary N) is 2. The number of nitrogens with zero attached hydrogens (tertiary/aromatic N) is 3. The van der Waals surface area contributed by atoms with Gasteiger partial charge in [0.25, 0.3) is 0 Å². The predicted molar refractivity (Wildman–Crippen MR) is 129 cm³/mol. The number of guanidine groups is 1. The zero-order valence-electron chi connectivity index (χ0n) is 17.8. The highest BCUT2D eigenvalue weighted by Gasteiger charge is 2.22. The average molecular weight is 517 g/mol. The van der Waals surface area contributed by atoms with Crippen LogP contribution in [0.15, 0.2) is 35.3 Å². The molecule has 6 nitrogen and oxygen atoms in total. The molecule has 2 rings (SSSR count). The number of aliphatic imine (C=N–C) groups is 1. The first kappa shape index (κ1) is 25.2. The van der Waals surface area contributed by atoms with Gasteiger partial charge in [-0.2, -0.15) is 0 Å². The third-order valence-electron chi connectivity index (χ3n) is 4.69. The first-order chi connectivity index (χ1) is 13.3. The molecular formula is C21H33FIN5O. The number of amides is 1. The van der Waals surface area contributed by atoms with Crippen molar-refractivity contribution < 1.29 is 9.18 Å². The molecule has 1 aromatic carbocycles. The quantitative estimate of drug-likeness (QED) is 0.264. The lowest BCUT2D eigenvalue weighted by atomic mass is 10.0. The second kappa shape index (κ2) is 12.0. The van der Waals surface area contributed by atoms with Gasteiger partial charge in [-0.3, -0.25) is 4.79 Å². The Bertz CT molecular complexity index is 738. The molecule has 162 valence electrons. The number of carbonyl (C=O) groups excluding carboxylic acids is 1. The molecule has 1 aromatic rings. The van der Waals surface area contributed by atoms with Crippen molar-refractivity contribution in [2.45, 2.75) is 32.7 Å². The van der Waals surface area contributed by atoms with E-state index in [0.717, 1.165) is 42.8 Å². The van der Waals surface area contributed by atoms with E-state index in [1.807, 2.05) is 19.9 Å². The van der Waals surface area contributed by atoms with Crippen LogP contribution in [-0.2, 0) is 4.79 Å². The van der Waals surface area contributed by atoms with Crippen LogP contribution in [0, 0.1) is 12.7 Å². The number of piperidine rings is 1. The van der Waals surface area contributed by atoms with Crippen LogP contribution in [0.4, 0.5) is 10.1 Å². The van der Waals surface area contributed by atoms with Crippen LogP contribution in [0.5, 0.6) is 0 Å². The highest BCUT2D eigenvalue weighted by atomic mass is 127. The highest BCUT2D eigenvalue weighted by Crippen LogP contribution is 2.24. The lowest BCUT2D eigenvalue weighted by Gasteiger charge is -2.36. The summed E-state index contributed by atoms with van der Waals surface area (Å²) in [5.74, 6) is 0.349. The van der Waals surface area contributed by atoms with Gasteiger partial charge in [-0.1, -0.05) is 12.2 Å². The molecule has 1 unspecified atom stereocenters. The van der Waals surface area contributed by atoms with Crippen LogP contribution < -0.4 is 15.5 Å². The van der Waals surface area contributed by atoms with Gasteiger partial charge in [0, 0.05) is 45.5 Å². The summed E-state index contributed by atoms with van der Waals surface area (Å²) in [6, 6.07) is 5.11. The molecule has 1 aliphatic heterocycles. The lowest BCUT2D eigenvalue weighted by molar-refractivity contribution is -0.127. The van der Waals surface area contributed by atoms with Crippen LogP contribution in [0.1, 0.15) is 25.3 Å². The maximum Gasteiger partial charge on any atom is 0.243 e. The van der Waals surface area contributed by atoms with E-state index in [9.17, 15) is 9.18 Å². The van der Waals surface area contributed by atoms with E-state index in [1.165, 1.54) is 11.0 Å². The van der Waals surface area contributed by atoms with Gasteiger partial charge in [0.15, 0.2) is 5.96 Å². The minimum atomic E-state index is -0.211. The number of halogens is 2. The summed E-state index contributed by atoms with van der Waals surface area (Å²) in [7, 11) is 3.44. The zero-order chi connectivity index (χ0) is 20.7. The maximum absolute atomic E-state index is 13.4. The molecule has 2 N–H and O–H groups in total. The Morgan fingerprint density at radius 1 is 1.41 bits per heavy atom. The van der Waals surface area contributed by atoms with Gasteiger partial charge in [0.2, 0.25) is 5.91 Å². The third-order valence-corrected chi connectivity index (χ3v) is 4.69. The Labute approximate surface area is 190 Å². The third kappa shape index (κ3) is 8.20. The largest absolute Gasteiger partial charge is 0.369 e. The molecule has 1 fully saturated rings. The molecule has 1 heterocycles. The zero-order valence-corrected chi connectivity index (χ0v) is 20.1. The van der Waals surface area contributed by atoms with Crippen molar-refractivity contribution in [3.63, 3.8) is 0 Å². The fourth-order valence-corrected chi connectivity index (χ4v) is 3.16. The van der Waals surface area contributed by atoms with Gasteiger partial charge in [-0.25, -0.2) is 9.38 Å². The second-order valence-corrected chi connectivity index (χ2v) is 7.62. The number of carbonyl (C=O) groups is 1. The molecule has 1 aliphatic rings. The van der Waals surface area contributed by atoms with E-state index in [2.05, 4.69) is 27.1 Å². The summed E-state index contributed by atoms with van der Waals surface area (Å²) < 4.78 is 13.4. The second-order valence-electron chi connectivity index (χ2n) is 7.62. The summed E-state index contributed by atoms with van der Waals surface area (Å²) >= 11 is 0. The Hall–Kier alpha value is -1.84. The molecule has 1 saturated heterocycles. The van der Waals surface area contributed by atoms with Gasteiger partial charge in [0.05, 0.1) is 0 Å². The van der Waals surface area contributed by atoms with Crippen molar-refractivity contribution in [3.05, 3.63) is 41.7 Å². The molecular weight excluding hydrogens is 484 g/mol. The Kier molecular flexibility index (Phi) is 10.4. The SMILES string of the molecule is C=C(C)CNC(=NCC(=O)N(C)C)NC1CCCN(c2ccc(F)cc2C)C1.I. The number of hydrogen-bond donors (Lipinski definition) is 2. The van der Waals surface area contributed by atoms with Crippen LogP contribution >= 0.6 is 24.0 Å². The molecule has 0 aromatic heterocycles. The predicted octanol–water partition coefficient (Wildman–Crippen LogP) is 2.92. The van der Waals surface area contributed by atoms with Crippen molar-refractivity contribution >= 4 is 41.5 Å². The smallest absolute Gasteiger partial charge is 0.243 e. The lowest BCUT2D eigenvalue weighted by Crippen LogP contribution is -2.51. The van der Waals surface area contributed by atoms with Crippen molar-refractivity contribution in [1.29, 1.82) is 0 Å². The van der Waals surface area contributed by atoms with Gasteiger partial charge in [0.1, 0.15) is 12.4 Å². The summed E-state index contributed by atoms with van der Waals surface area (Å²) in [6.07, 6.45) is 2.03. The van der Waals surface area contributed by atoms with E-state index < -0.39 is 0 Å². The standard InChI is InChI=1S/C21H32FN5O.HI/c1-15(2)12-23-21(24-13-20(28)26(4)5)25-18-7-6-10-27(14-18)19-9-8-17(22)11-16(19)3;/h8-9,11,18H,1,6-7,10,12-14H2,2-5H3,(H2,23,24,25);1H. The van der Waals surface area contributed by atoms with E-state index in [4.69, 9.17) is 0 Å². The van der Waals surface area contributed by atoms with Crippen LogP contribution in [-0.4, -0.2) is 63.1 Å². The Morgan fingerprint density at radius 2 is 2.14 bits per heavy atom. The molecule has 8 heteroatoms. The minimum Gasteiger partial charge on any atom is -0.369 e. The van der Waals surface area contributed by atoms with E-state index in [1.54, 1.807) is 20.2 Å². The van der Waals surface area contributed by atoms with Gasteiger partial charge < -0.3 is 20.4 Å². The number of anilines is 1. The number of hydrogen-bond acceptors (Lipinski definition) is 3. The summed E-state index contributed by atoms with van der Waals surface area (Å²) in [6.45, 7) is 10.2. The number of rotatable bonds is 6. The van der Waals surface area contributed by atoms with Crippen LogP contribution in [0.25, 0.3) is 0 Å². The summed E-state index contributed by atoms with van der Waals surface area (Å²) in [4.78, 5) is 20.1. The summed E-state index contributed by atoms with van der Waals surface area (Å²) in [5.41, 5.74) is 2.98. The monoisotopic (exact) mass is 517 g/mol. The van der Waals surface area contributed by atoms with Crippen molar-refractivity contribution in [2.24, 2.45) is 4.99 Å². The van der Waals surface area contributed by atoms with Gasteiger partial charge >= 0.3 is 0 Å². The summed E-state index contributed by atoms with van der Waals surface area (Å²) in [5, 5.41) is 6.68. The van der Waals surface area contributed by atoms with Gasteiger partial charge in [-0.15, -0.1) is 24.0 Å². The van der Waals surface area contributed by atoms with Crippen molar-refractivity contribution in [2.75, 3.05) is 45.2 Å². The number of likely N-dealkylation sites (N-methyl/N-ethyl adjacent to an activating group) is 1.